The molecule has 1 unspecified atom stereocenters. The molecule has 0 saturated heterocycles. The van der Waals surface area contributed by atoms with Crippen LogP contribution < -0.4 is 0 Å². The smallest absolute Gasteiger partial charge is 0.206 e. The minimum absolute atomic E-state index is 5.57. The van der Waals surface area contributed by atoms with Gasteiger partial charge in [0.2, 0.25) is 0 Å². The molecule has 0 aromatic carbocycles. The standard InChI is InChI=1S/C8H2F15O/c9-1(10)3(12,13)5(16,17)7(20,21)8(22,23)6(18,19)4(14,15)2(11)24/h1-2H. The summed E-state index contributed by atoms with van der Waals surface area (Å²) in [5.74, 6) is -47.1. The van der Waals surface area contributed by atoms with E-state index in [9.17, 15) is 71.0 Å². The zero-order chi connectivity index (χ0) is 20.2. The van der Waals surface area contributed by atoms with E-state index >= 15 is 0 Å². The summed E-state index contributed by atoms with van der Waals surface area (Å²) in [7, 11) is 0. The molecule has 1 nitrogen and oxygen atoms in total. The van der Waals surface area contributed by atoms with Gasteiger partial charge in [0.1, 0.15) is 0 Å². The molecule has 0 aliphatic rings. The third-order valence-corrected chi connectivity index (χ3v) is 2.58. The fourth-order valence-electron chi connectivity index (χ4n) is 1.09. The Labute approximate surface area is 121 Å². The van der Waals surface area contributed by atoms with E-state index in [4.69, 9.17) is 0 Å². The summed E-state index contributed by atoms with van der Waals surface area (Å²) in [5.41, 5.74) is 0. The molecule has 24 heavy (non-hydrogen) atoms. The molecule has 145 valence electrons. The Balaban J connectivity index is 6.38. The van der Waals surface area contributed by atoms with Gasteiger partial charge in [-0.25, -0.2) is 13.2 Å². The van der Waals surface area contributed by atoms with Gasteiger partial charge in [-0.15, -0.1) is 0 Å². The van der Waals surface area contributed by atoms with Crippen LogP contribution in [0.25, 0.3) is 0 Å². The molecular formula is C8H2F15O. The summed E-state index contributed by atoms with van der Waals surface area (Å²) in [6.07, 6.45) is -11.4. The maximum atomic E-state index is 12.8. The number of rotatable bonds is 7. The van der Waals surface area contributed by atoms with Gasteiger partial charge in [0.25, 0.3) is 0 Å². The van der Waals surface area contributed by atoms with Crippen molar-refractivity contribution in [1.82, 2.24) is 0 Å². The van der Waals surface area contributed by atoms with Gasteiger partial charge in [-0.05, 0) is 0 Å². The molecule has 0 spiro atoms. The van der Waals surface area contributed by atoms with E-state index in [1.165, 1.54) is 0 Å². The molecule has 0 bridgehead atoms. The third-order valence-electron chi connectivity index (χ3n) is 2.58. The Bertz CT molecular complexity index is 410. The highest BCUT2D eigenvalue weighted by molar-refractivity contribution is 5.12. The maximum absolute atomic E-state index is 12.8. The van der Waals surface area contributed by atoms with Gasteiger partial charge < -0.3 is 0 Å². The van der Waals surface area contributed by atoms with Crippen molar-refractivity contribution in [1.29, 1.82) is 0 Å². The molecule has 0 amide bonds. The van der Waals surface area contributed by atoms with Gasteiger partial charge in [-0.2, -0.15) is 57.8 Å². The van der Waals surface area contributed by atoms with Gasteiger partial charge >= 0.3 is 48.3 Å². The fourth-order valence-corrected chi connectivity index (χ4v) is 1.09. The van der Waals surface area contributed by atoms with Crippen LogP contribution in [0.4, 0.5) is 65.9 Å². The molecular weight excluding hydrogens is 397 g/mol. The average Bonchev–Trinajstić information content (AvgIpc) is 2.36. The number of hydrogen-bond acceptors (Lipinski definition) is 0. The SMILES string of the molecule is [O]C(F)C(F)(F)C(F)(F)C(F)(F)C(F)(F)C(F)(F)C(F)(F)C(F)F. The van der Waals surface area contributed by atoms with Crippen LogP contribution >= 0.6 is 0 Å². The Hall–Kier alpha value is -1.09. The molecule has 0 rings (SSSR count). The second kappa shape index (κ2) is 5.72. The Kier molecular flexibility index (Phi) is 5.46. The second-order valence-electron chi connectivity index (χ2n) is 4.16. The van der Waals surface area contributed by atoms with Crippen molar-refractivity contribution in [3.8, 4) is 0 Å². The van der Waals surface area contributed by atoms with Crippen LogP contribution in [0.2, 0.25) is 0 Å². The topological polar surface area (TPSA) is 19.9 Å². The molecule has 1 radical (unpaired) electrons. The molecule has 0 aliphatic heterocycles. The van der Waals surface area contributed by atoms with Gasteiger partial charge in [0.15, 0.2) is 0 Å². The lowest BCUT2D eigenvalue weighted by molar-refractivity contribution is -0.443. The van der Waals surface area contributed by atoms with Crippen molar-refractivity contribution in [2.75, 3.05) is 0 Å². The van der Waals surface area contributed by atoms with Crippen LogP contribution in [0.3, 0.4) is 0 Å². The first-order valence-electron chi connectivity index (χ1n) is 4.99. The summed E-state index contributed by atoms with van der Waals surface area (Å²) < 4.78 is 186. The zero-order valence-electron chi connectivity index (χ0n) is 10.2. The minimum Gasteiger partial charge on any atom is -0.206 e. The summed E-state index contributed by atoms with van der Waals surface area (Å²) in [5, 5.41) is 9.59. The van der Waals surface area contributed by atoms with E-state index in [2.05, 4.69) is 0 Å². The van der Waals surface area contributed by atoms with E-state index in [0.717, 1.165) is 0 Å². The van der Waals surface area contributed by atoms with Gasteiger partial charge in [0, 0.05) is 0 Å². The molecule has 0 N–H and O–H groups in total. The largest absolute Gasteiger partial charge is 0.384 e. The van der Waals surface area contributed by atoms with E-state index in [0.29, 0.717) is 0 Å². The van der Waals surface area contributed by atoms with Crippen LogP contribution in [0.5, 0.6) is 0 Å². The van der Waals surface area contributed by atoms with E-state index in [-0.39, 0.29) is 0 Å². The van der Waals surface area contributed by atoms with Crippen LogP contribution in [-0.4, -0.2) is 48.3 Å². The normalized spacial score (nSPS) is 17.4. The van der Waals surface area contributed by atoms with Crippen molar-refractivity contribution in [3.05, 3.63) is 0 Å². The predicted octanol–water partition coefficient (Wildman–Crippen LogP) is 4.79. The Morgan fingerprint density at radius 3 is 0.917 bits per heavy atom. The van der Waals surface area contributed by atoms with Crippen molar-refractivity contribution in [2.24, 2.45) is 0 Å². The van der Waals surface area contributed by atoms with Crippen molar-refractivity contribution in [2.45, 2.75) is 48.3 Å². The fraction of sp³-hybridized carbons (Fsp3) is 1.00. The maximum Gasteiger partial charge on any atom is 0.384 e. The summed E-state index contributed by atoms with van der Waals surface area (Å²) in [6, 6.07) is 0. The van der Waals surface area contributed by atoms with Crippen molar-refractivity contribution in [3.63, 3.8) is 0 Å². The first-order chi connectivity index (χ1) is 10.1. The van der Waals surface area contributed by atoms with Crippen molar-refractivity contribution >= 4 is 0 Å². The molecule has 0 fully saturated rings. The van der Waals surface area contributed by atoms with Crippen molar-refractivity contribution < 1.29 is 71.0 Å². The van der Waals surface area contributed by atoms with Crippen LogP contribution in [0.1, 0.15) is 0 Å². The first-order valence-corrected chi connectivity index (χ1v) is 4.99. The molecule has 0 saturated carbocycles. The minimum atomic E-state index is -8.25. The summed E-state index contributed by atoms with van der Waals surface area (Å²) in [6.45, 7) is 0. The summed E-state index contributed by atoms with van der Waals surface area (Å²) in [4.78, 5) is 0. The lowest BCUT2D eigenvalue weighted by Crippen LogP contribution is -2.72. The Morgan fingerprint density at radius 1 is 0.458 bits per heavy atom. The third kappa shape index (κ3) is 2.65. The lowest BCUT2D eigenvalue weighted by atomic mass is 9.91. The van der Waals surface area contributed by atoms with Gasteiger partial charge in [-0.1, -0.05) is 0 Å². The molecule has 16 heteroatoms. The quantitative estimate of drug-likeness (QED) is 0.549. The molecule has 0 aliphatic carbocycles. The number of alkyl halides is 15. The highest BCUT2D eigenvalue weighted by Gasteiger charge is 2.92. The lowest BCUT2D eigenvalue weighted by Gasteiger charge is -2.40. The molecule has 1 atom stereocenters. The average molecular weight is 399 g/mol. The zero-order valence-corrected chi connectivity index (χ0v) is 10.2. The second-order valence-corrected chi connectivity index (χ2v) is 4.16. The van der Waals surface area contributed by atoms with E-state index < -0.39 is 48.3 Å². The molecule has 0 heterocycles. The molecule has 0 aromatic rings. The molecule has 0 aromatic heterocycles. The first kappa shape index (κ1) is 22.9. The number of hydrogen-bond donors (Lipinski definition) is 0. The van der Waals surface area contributed by atoms with Crippen LogP contribution in [-0.2, 0) is 5.11 Å². The van der Waals surface area contributed by atoms with Gasteiger partial charge in [-0.3, -0.25) is 0 Å². The predicted molar refractivity (Wildman–Crippen MR) is 41.3 cm³/mol. The monoisotopic (exact) mass is 399 g/mol. The van der Waals surface area contributed by atoms with Gasteiger partial charge in [0.05, 0.1) is 0 Å². The van der Waals surface area contributed by atoms with E-state index in [1.807, 2.05) is 0 Å². The number of halogens is 15. The Morgan fingerprint density at radius 2 is 0.708 bits per heavy atom. The summed E-state index contributed by atoms with van der Waals surface area (Å²) >= 11 is 0. The van der Waals surface area contributed by atoms with Crippen LogP contribution in [0.15, 0.2) is 0 Å². The van der Waals surface area contributed by atoms with Crippen LogP contribution in [0, 0.1) is 0 Å². The van der Waals surface area contributed by atoms with E-state index in [1.54, 1.807) is 0 Å². The highest BCUT2D eigenvalue weighted by atomic mass is 19.4. The highest BCUT2D eigenvalue weighted by Crippen LogP contribution is 2.61.